The number of nitrogens with two attached hydrogens (primary N) is 1. The zero-order chi connectivity index (χ0) is 13.8. The van der Waals surface area contributed by atoms with Gasteiger partial charge in [0.2, 0.25) is 5.91 Å². The highest BCUT2D eigenvalue weighted by Crippen LogP contribution is 2.27. The van der Waals surface area contributed by atoms with Crippen LogP contribution >= 0.6 is 0 Å². The summed E-state index contributed by atoms with van der Waals surface area (Å²) in [4.78, 5) is 16.8. The number of hydrogen-bond acceptors (Lipinski definition) is 3. The summed E-state index contributed by atoms with van der Waals surface area (Å²) in [5.41, 5.74) is 5.91. The molecule has 2 rings (SSSR count). The second kappa shape index (κ2) is 6.71. The van der Waals surface area contributed by atoms with E-state index in [1.807, 2.05) is 0 Å². The second-order valence-electron chi connectivity index (χ2n) is 6.64. The molecule has 110 valence electrons. The number of carbonyl (C=O) groups is 1. The van der Waals surface area contributed by atoms with Gasteiger partial charge < -0.3 is 15.5 Å². The fraction of sp³-hybridized carbons (Fsp3) is 0.933. The Bertz CT molecular complexity index is 290. The highest BCUT2D eigenvalue weighted by molar-refractivity contribution is 5.79. The van der Waals surface area contributed by atoms with Crippen LogP contribution in [0.25, 0.3) is 0 Å². The Kier molecular flexibility index (Phi) is 5.22. The Labute approximate surface area is 117 Å². The molecule has 1 amide bonds. The van der Waals surface area contributed by atoms with Gasteiger partial charge in [0.15, 0.2) is 0 Å². The van der Waals surface area contributed by atoms with Crippen molar-refractivity contribution in [3.63, 3.8) is 0 Å². The molecule has 0 aromatic heterocycles. The largest absolute Gasteiger partial charge is 0.342 e. The third-order valence-corrected chi connectivity index (χ3v) is 4.67. The lowest BCUT2D eigenvalue weighted by atomic mass is 9.85. The SMILES string of the molecule is CN(C)CC1CCN(C(=O)C2CCC(N)CC2)CC1. The zero-order valence-corrected chi connectivity index (χ0v) is 12.5. The van der Waals surface area contributed by atoms with E-state index in [2.05, 4.69) is 23.9 Å². The van der Waals surface area contributed by atoms with Crippen LogP contribution in [-0.4, -0.2) is 55.5 Å². The van der Waals surface area contributed by atoms with Crippen molar-refractivity contribution in [2.45, 2.75) is 44.6 Å². The number of piperidine rings is 1. The van der Waals surface area contributed by atoms with Crippen molar-refractivity contribution in [3.05, 3.63) is 0 Å². The van der Waals surface area contributed by atoms with Crippen molar-refractivity contribution < 1.29 is 4.79 Å². The first-order valence-corrected chi connectivity index (χ1v) is 7.75. The van der Waals surface area contributed by atoms with Gasteiger partial charge in [-0.15, -0.1) is 0 Å². The summed E-state index contributed by atoms with van der Waals surface area (Å²) in [6, 6.07) is 0.329. The number of nitrogens with zero attached hydrogens (tertiary/aromatic N) is 2. The van der Waals surface area contributed by atoms with Crippen molar-refractivity contribution in [3.8, 4) is 0 Å². The summed E-state index contributed by atoms with van der Waals surface area (Å²) >= 11 is 0. The highest BCUT2D eigenvalue weighted by atomic mass is 16.2. The molecule has 4 heteroatoms. The average molecular weight is 267 g/mol. The van der Waals surface area contributed by atoms with Gasteiger partial charge in [-0.1, -0.05) is 0 Å². The van der Waals surface area contributed by atoms with E-state index in [-0.39, 0.29) is 5.92 Å². The maximum Gasteiger partial charge on any atom is 0.225 e. The molecule has 0 unspecified atom stereocenters. The van der Waals surface area contributed by atoms with Crippen LogP contribution in [0.3, 0.4) is 0 Å². The molecule has 0 aromatic rings. The predicted molar refractivity (Wildman–Crippen MR) is 77.8 cm³/mol. The van der Waals surface area contributed by atoms with Crippen molar-refractivity contribution >= 4 is 5.91 Å². The highest BCUT2D eigenvalue weighted by Gasteiger charge is 2.30. The standard InChI is InChI=1S/C15H29N3O/c1-17(2)11-12-7-9-18(10-8-12)15(19)13-3-5-14(16)6-4-13/h12-14H,3-11,16H2,1-2H3. The Balaban J connectivity index is 1.76. The number of amides is 1. The first-order chi connectivity index (χ1) is 9.06. The zero-order valence-electron chi connectivity index (χ0n) is 12.5. The van der Waals surface area contributed by atoms with Crippen LogP contribution in [0.2, 0.25) is 0 Å². The third-order valence-electron chi connectivity index (χ3n) is 4.67. The van der Waals surface area contributed by atoms with E-state index in [1.165, 1.54) is 0 Å². The topological polar surface area (TPSA) is 49.6 Å². The van der Waals surface area contributed by atoms with Crippen LogP contribution in [0.15, 0.2) is 0 Å². The van der Waals surface area contributed by atoms with Crippen LogP contribution in [0.4, 0.5) is 0 Å². The molecular formula is C15H29N3O. The van der Waals surface area contributed by atoms with Gasteiger partial charge in [-0.05, 0) is 58.5 Å². The Morgan fingerprint density at radius 1 is 1.11 bits per heavy atom. The van der Waals surface area contributed by atoms with Crippen LogP contribution in [0.1, 0.15) is 38.5 Å². The maximum atomic E-state index is 12.5. The Morgan fingerprint density at radius 3 is 2.21 bits per heavy atom. The molecule has 1 saturated heterocycles. The molecule has 0 atom stereocenters. The second-order valence-corrected chi connectivity index (χ2v) is 6.64. The molecule has 1 aliphatic heterocycles. The predicted octanol–water partition coefficient (Wildman–Crippen LogP) is 1.30. The van der Waals surface area contributed by atoms with Crippen molar-refractivity contribution in [1.29, 1.82) is 0 Å². The monoisotopic (exact) mass is 267 g/mol. The van der Waals surface area contributed by atoms with Crippen molar-refractivity contribution in [2.24, 2.45) is 17.6 Å². The normalized spacial score (nSPS) is 29.8. The number of carbonyl (C=O) groups excluding carboxylic acids is 1. The fourth-order valence-electron chi connectivity index (χ4n) is 3.48. The van der Waals surface area contributed by atoms with Crippen LogP contribution in [-0.2, 0) is 4.79 Å². The Hall–Kier alpha value is -0.610. The van der Waals surface area contributed by atoms with Gasteiger partial charge in [0.1, 0.15) is 0 Å². The van der Waals surface area contributed by atoms with Gasteiger partial charge in [-0.2, -0.15) is 0 Å². The quantitative estimate of drug-likeness (QED) is 0.838. The van der Waals surface area contributed by atoms with Gasteiger partial charge in [-0.3, -0.25) is 4.79 Å². The molecule has 1 saturated carbocycles. The van der Waals surface area contributed by atoms with E-state index in [0.29, 0.717) is 11.9 Å². The van der Waals surface area contributed by atoms with Gasteiger partial charge in [0.25, 0.3) is 0 Å². The van der Waals surface area contributed by atoms with Gasteiger partial charge >= 0.3 is 0 Å². The Morgan fingerprint density at radius 2 is 1.68 bits per heavy atom. The minimum atomic E-state index is 0.255. The first kappa shape index (κ1) is 14.8. The molecule has 1 heterocycles. The molecule has 19 heavy (non-hydrogen) atoms. The van der Waals surface area contributed by atoms with Crippen LogP contribution < -0.4 is 5.73 Å². The lowest BCUT2D eigenvalue weighted by molar-refractivity contribution is -0.138. The molecule has 0 bridgehead atoms. The molecule has 2 aliphatic rings. The number of likely N-dealkylation sites (tertiary alicyclic amines) is 1. The molecule has 1 aliphatic carbocycles. The molecule has 2 N–H and O–H groups in total. The first-order valence-electron chi connectivity index (χ1n) is 7.75. The number of rotatable bonds is 3. The van der Waals surface area contributed by atoms with E-state index >= 15 is 0 Å². The number of hydrogen-bond donors (Lipinski definition) is 1. The molecule has 4 nitrogen and oxygen atoms in total. The van der Waals surface area contributed by atoms with Gasteiger partial charge in [-0.25, -0.2) is 0 Å². The van der Waals surface area contributed by atoms with Crippen molar-refractivity contribution in [1.82, 2.24) is 9.80 Å². The van der Waals surface area contributed by atoms with Crippen LogP contribution in [0.5, 0.6) is 0 Å². The van der Waals surface area contributed by atoms with Gasteiger partial charge in [0, 0.05) is 31.6 Å². The molecule has 0 radical (unpaired) electrons. The van der Waals surface area contributed by atoms with E-state index in [0.717, 1.165) is 64.1 Å². The van der Waals surface area contributed by atoms with E-state index in [9.17, 15) is 4.79 Å². The maximum absolute atomic E-state index is 12.5. The van der Waals surface area contributed by atoms with E-state index < -0.39 is 0 Å². The summed E-state index contributed by atoms with van der Waals surface area (Å²) < 4.78 is 0. The fourth-order valence-corrected chi connectivity index (χ4v) is 3.48. The minimum absolute atomic E-state index is 0.255. The van der Waals surface area contributed by atoms with E-state index in [1.54, 1.807) is 0 Å². The lowest BCUT2D eigenvalue weighted by Gasteiger charge is -2.36. The minimum Gasteiger partial charge on any atom is -0.342 e. The third kappa shape index (κ3) is 4.18. The molecule has 0 aromatic carbocycles. The summed E-state index contributed by atoms with van der Waals surface area (Å²) in [6.07, 6.45) is 6.36. The summed E-state index contributed by atoms with van der Waals surface area (Å²) in [6.45, 7) is 3.07. The van der Waals surface area contributed by atoms with Crippen molar-refractivity contribution in [2.75, 3.05) is 33.7 Å². The van der Waals surface area contributed by atoms with E-state index in [4.69, 9.17) is 5.73 Å². The average Bonchev–Trinajstić information content (AvgIpc) is 2.39. The summed E-state index contributed by atoms with van der Waals surface area (Å²) in [5, 5.41) is 0. The smallest absolute Gasteiger partial charge is 0.225 e. The summed E-state index contributed by atoms with van der Waals surface area (Å²) in [5.74, 6) is 1.42. The summed E-state index contributed by atoms with van der Waals surface area (Å²) in [7, 11) is 4.26. The van der Waals surface area contributed by atoms with Gasteiger partial charge in [0.05, 0.1) is 0 Å². The molecule has 2 fully saturated rings. The van der Waals surface area contributed by atoms with Crippen LogP contribution in [0, 0.1) is 11.8 Å². The molecule has 0 spiro atoms. The lowest BCUT2D eigenvalue weighted by Crippen LogP contribution is -2.44. The molecular weight excluding hydrogens is 238 g/mol.